The molecule has 82 valence electrons. The molecule has 0 N–H and O–H groups in total. The maximum Gasteiger partial charge on any atom is 0.232 e. The van der Waals surface area contributed by atoms with Gasteiger partial charge in [0.15, 0.2) is 0 Å². The summed E-state index contributed by atoms with van der Waals surface area (Å²) >= 11 is 0. The molecule has 0 saturated heterocycles. The van der Waals surface area contributed by atoms with Crippen molar-refractivity contribution in [3.05, 3.63) is 30.3 Å². The van der Waals surface area contributed by atoms with Gasteiger partial charge in [-0.2, -0.15) is 0 Å². The minimum atomic E-state index is -3.60. The molecule has 1 aromatic carbocycles. The molecule has 5 nitrogen and oxygen atoms in total. The average molecular weight is 228 g/mol. The van der Waals surface area contributed by atoms with Crippen molar-refractivity contribution in [2.45, 2.75) is 0 Å². The van der Waals surface area contributed by atoms with E-state index in [9.17, 15) is 18.3 Å². The normalized spacial score (nSPS) is 11.0. The summed E-state index contributed by atoms with van der Waals surface area (Å²) in [5.41, 5.74) is 0.309. The zero-order valence-corrected chi connectivity index (χ0v) is 8.90. The van der Waals surface area contributed by atoms with E-state index in [1.807, 2.05) is 0 Å². The highest BCUT2D eigenvalue weighted by Crippen LogP contribution is 2.15. The monoisotopic (exact) mass is 228 g/mol. The number of benzene rings is 1. The average Bonchev–Trinajstić information content (AvgIpc) is 2.14. The Morgan fingerprint density at radius 1 is 1.33 bits per heavy atom. The van der Waals surface area contributed by atoms with Crippen LogP contribution in [0.25, 0.3) is 0 Å². The fourth-order valence-electron chi connectivity index (χ4n) is 1.11. The lowest BCUT2D eigenvalue weighted by molar-refractivity contribution is -0.303. The van der Waals surface area contributed by atoms with Gasteiger partial charge in [0.2, 0.25) is 10.0 Å². The molecular formula is C9H10NO4S-. The minimum Gasteiger partial charge on any atom is -0.548 e. The molecule has 1 aromatic rings. The molecule has 0 heterocycles. The molecule has 0 aliphatic carbocycles. The second-order valence-electron chi connectivity index (χ2n) is 2.98. The van der Waals surface area contributed by atoms with E-state index in [1.54, 1.807) is 18.2 Å². The van der Waals surface area contributed by atoms with Crippen LogP contribution in [0.3, 0.4) is 0 Å². The number of carbonyl (C=O) groups excluding carboxylic acids is 1. The van der Waals surface area contributed by atoms with Gasteiger partial charge < -0.3 is 9.90 Å². The molecule has 0 aliphatic heterocycles. The molecule has 0 spiro atoms. The van der Waals surface area contributed by atoms with Crippen molar-refractivity contribution < 1.29 is 18.3 Å². The van der Waals surface area contributed by atoms with E-state index in [2.05, 4.69) is 0 Å². The maximum atomic E-state index is 11.3. The summed E-state index contributed by atoms with van der Waals surface area (Å²) in [6.07, 6.45) is 0.947. The number of rotatable bonds is 4. The summed E-state index contributed by atoms with van der Waals surface area (Å²) in [5, 5.41) is 10.4. The van der Waals surface area contributed by atoms with E-state index in [-0.39, 0.29) is 0 Å². The Labute approximate surface area is 88.0 Å². The highest BCUT2D eigenvalue weighted by Gasteiger charge is 2.16. The fourth-order valence-corrected chi connectivity index (χ4v) is 1.96. The van der Waals surface area contributed by atoms with Gasteiger partial charge in [0, 0.05) is 0 Å². The van der Waals surface area contributed by atoms with Crippen molar-refractivity contribution in [3.8, 4) is 0 Å². The number of carbonyl (C=O) groups is 1. The second-order valence-corrected chi connectivity index (χ2v) is 4.88. The molecule has 0 aliphatic rings. The number of anilines is 1. The smallest absolute Gasteiger partial charge is 0.232 e. The number of hydrogen-bond donors (Lipinski definition) is 0. The third-order valence-electron chi connectivity index (χ3n) is 1.72. The topological polar surface area (TPSA) is 77.5 Å². The zero-order chi connectivity index (χ0) is 11.5. The SMILES string of the molecule is CS(=O)(=O)N(CC(=O)[O-])c1ccccc1. The fraction of sp³-hybridized carbons (Fsp3) is 0.222. The number of nitrogens with zero attached hydrogens (tertiary/aromatic N) is 1. The van der Waals surface area contributed by atoms with Crippen LogP contribution in [0.15, 0.2) is 30.3 Å². The van der Waals surface area contributed by atoms with Crippen LogP contribution in [0.1, 0.15) is 0 Å². The van der Waals surface area contributed by atoms with Crippen molar-refractivity contribution in [2.24, 2.45) is 0 Å². The molecule has 0 saturated carbocycles. The Balaban J connectivity index is 3.08. The number of carboxylic acids is 1. The lowest BCUT2D eigenvalue weighted by Crippen LogP contribution is -2.41. The van der Waals surface area contributed by atoms with E-state index < -0.39 is 22.5 Å². The van der Waals surface area contributed by atoms with Crippen molar-refractivity contribution in [1.82, 2.24) is 0 Å². The van der Waals surface area contributed by atoms with Gasteiger partial charge in [-0.1, -0.05) is 18.2 Å². The molecule has 0 amide bonds. The number of sulfonamides is 1. The molecule has 6 heteroatoms. The van der Waals surface area contributed by atoms with E-state index in [4.69, 9.17) is 0 Å². The Bertz CT molecular complexity index is 440. The molecule has 1 rings (SSSR count). The first kappa shape index (κ1) is 11.5. The van der Waals surface area contributed by atoms with E-state index in [0.717, 1.165) is 10.6 Å². The van der Waals surface area contributed by atoms with Gasteiger partial charge in [-0.25, -0.2) is 8.42 Å². The minimum absolute atomic E-state index is 0.309. The van der Waals surface area contributed by atoms with Gasteiger partial charge >= 0.3 is 0 Å². The summed E-state index contributed by atoms with van der Waals surface area (Å²) in [7, 11) is -3.60. The third kappa shape index (κ3) is 3.25. The second kappa shape index (κ2) is 4.31. The van der Waals surface area contributed by atoms with Crippen molar-refractivity contribution in [2.75, 3.05) is 17.1 Å². The summed E-state index contributed by atoms with van der Waals surface area (Å²) in [4.78, 5) is 10.4. The Hall–Kier alpha value is -1.56. The van der Waals surface area contributed by atoms with Crippen LogP contribution in [0, 0.1) is 0 Å². The third-order valence-corrected chi connectivity index (χ3v) is 2.86. The van der Waals surface area contributed by atoms with Crippen LogP contribution < -0.4 is 9.41 Å². The quantitative estimate of drug-likeness (QED) is 0.676. The van der Waals surface area contributed by atoms with Gasteiger partial charge in [-0.05, 0) is 12.1 Å². The van der Waals surface area contributed by atoms with Crippen molar-refractivity contribution in [3.63, 3.8) is 0 Å². The van der Waals surface area contributed by atoms with E-state index in [1.165, 1.54) is 12.1 Å². The molecule has 0 atom stereocenters. The molecule has 15 heavy (non-hydrogen) atoms. The molecular weight excluding hydrogens is 218 g/mol. The highest BCUT2D eigenvalue weighted by molar-refractivity contribution is 7.92. The first-order valence-electron chi connectivity index (χ1n) is 4.14. The van der Waals surface area contributed by atoms with Crippen molar-refractivity contribution in [1.29, 1.82) is 0 Å². The van der Waals surface area contributed by atoms with E-state index >= 15 is 0 Å². The number of carboxylic acid groups (broad SMARTS) is 1. The summed E-state index contributed by atoms with van der Waals surface area (Å²) in [6, 6.07) is 8.00. The Morgan fingerprint density at radius 3 is 2.27 bits per heavy atom. The number of hydrogen-bond acceptors (Lipinski definition) is 4. The van der Waals surface area contributed by atoms with Crippen LogP contribution in [0.5, 0.6) is 0 Å². The Morgan fingerprint density at radius 2 is 1.87 bits per heavy atom. The summed E-state index contributed by atoms with van der Waals surface area (Å²) in [5.74, 6) is -1.44. The van der Waals surface area contributed by atoms with Crippen LogP contribution in [-0.4, -0.2) is 27.2 Å². The predicted octanol–water partition coefficient (Wildman–Crippen LogP) is -0.797. The van der Waals surface area contributed by atoms with E-state index in [0.29, 0.717) is 5.69 Å². The summed E-state index contributed by atoms with van der Waals surface area (Å²) in [6.45, 7) is -0.678. The number of aliphatic carboxylic acids is 1. The van der Waals surface area contributed by atoms with Gasteiger partial charge in [-0.15, -0.1) is 0 Å². The molecule has 0 aromatic heterocycles. The van der Waals surface area contributed by atoms with Crippen LogP contribution in [0.4, 0.5) is 5.69 Å². The van der Waals surface area contributed by atoms with Gasteiger partial charge in [0.25, 0.3) is 0 Å². The van der Waals surface area contributed by atoms with Crippen LogP contribution in [-0.2, 0) is 14.8 Å². The van der Waals surface area contributed by atoms with Gasteiger partial charge in [0.1, 0.15) is 0 Å². The van der Waals surface area contributed by atoms with Crippen LogP contribution in [0.2, 0.25) is 0 Å². The van der Waals surface area contributed by atoms with Gasteiger partial charge in [-0.3, -0.25) is 4.31 Å². The first-order valence-corrected chi connectivity index (χ1v) is 5.98. The molecule has 0 fully saturated rings. The van der Waals surface area contributed by atoms with Gasteiger partial charge in [0.05, 0.1) is 24.5 Å². The highest BCUT2D eigenvalue weighted by atomic mass is 32.2. The molecule has 0 bridgehead atoms. The Kier molecular flexibility index (Phi) is 3.31. The standard InChI is InChI=1S/C9H11NO4S/c1-15(13,14)10(7-9(11)12)8-5-3-2-4-6-8/h2-6H,7H2,1H3,(H,11,12)/p-1. The summed E-state index contributed by atoms with van der Waals surface area (Å²) < 4.78 is 23.4. The lowest BCUT2D eigenvalue weighted by Gasteiger charge is -2.22. The maximum absolute atomic E-state index is 11.3. The number of para-hydroxylation sites is 1. The molecule has 0 unspecified atom stereocenters. The largest absolute Gasteiger partial charge is 0.548 e. The van der Waals surface area contributed by atoms with Crippen LogP contribution >= 0.6 is 0 Å². The lowest BCUT2D eigenvalue weighted by atomic mass is 10.3. The molecule has 0 radical (unpaired) electrons. The zero-order valence-electron chi connectivity index (χ0n) is 8.08. The first-order chi connectivity index (χ1) is 6.91. The predicted molar refractivity (Wildman–Crippen MR) is 53.6 cm³/mol. The van der Waals surface area contributed by atoms with Crippen molar-refractivity contribution >= 4 is 21.7 Å².